The van der Waals surface area contributed by atoms with E-state index < -0.39 is 11.8 Å². The Morgan fingerprint density at radius 1 is 1.04 bits per heavy atom. The normalized spacial score (nSPS) is 13.5. The quantitative estimate of drug-likeness (QED) is 0.607. The number of benzene rings is 1. The number of aromatic nitrogens is 1. The molecule has 0 bridgehead atoms. The maximum absolute atomic E-state index is 12.5. The minimum absolute atomic E-state index is 0.0472. The van der Waals surface area contributed by atoms with Crippen molar-refractivity contribution in [2.75, 3.05) is 0 Å². The van der Waals surface area contributed by atoms with Gasteiger partial charge in [0, 0.05) is 28.6 Å². The Bertz CT molecular complexity index is 1090. The van der Waals surface area contributed by atoms with Crippen LogP contribution in [0.2, 0.25) is 0 Å². The number of fused-ring (bicyclic) bond motifs is 2. The molecule has 7 nitrogen and oxygen atoms in total. The summed E-state index contributed by atoms with van der Waals surface area (Å²) in [6, 6.07) is 7.34. The predicted octanol–water partition coefficient (Wildman–Crippen LogP) is 2.97. The van der Waals surface area contributed by atoms with Crippen molar-refractivity contribution in [1.82, 2.24) is 15.8 Å². The standard InChI is InChI=1S/C20H19N3O4/c1-10-12-6-3-4-9-15(12)27-18(10)20(26)23-22-19(25)17-11(2)16-13(21-17)7-5-8-14(16)24/h3-4,6,9,21H,5,7-8H2,1-2H3,(H,22,25)(H,23,26). The minimum Gasteiger partial charge on any atom is -0.451 e. The number of ketones is 1. The van der Waals surface area contributed by atoms with Gasteiger partial charge in [0.25, 0.3) is 5.91 Å². The number of hydrogen-bond acceptors (Lipinski definition) is 4. The van der Waals surface area contributed by atoms with Gasteiger partial charge in [-0.15, -0.1) is 0 Å². The molecule has 2 amide bonds. The number of furan rings is 1. The van der Waals surface area contributed by atoms with Crippen molar-refractivity contribution in [3.8, 4) is 0 Å². The summed E-state index contributed by atoms with van der Waals surface area (Å²) in [5, 5.41) is 0.848. The van der Waals surface area contributed by atoms with Crippen LogP contribution < -0.4 is 10.9 Å². The third kappa shape index (κ3) is 2.81. The van der Waals surface area contributed by atoms with E-state index in [0.29, 0.717) is 28.7 Å². The van der Waals surface area contributed by atoms with Gasteiger partial charge in [-0.25, -0.2) is 0 Å². The summed E-state index contributed by atoms with van der Waals surface area (Å²) in [5.41, 5.74) is 8.37. The fraction of sp³-hybridized carbons (Fsp3) is 0.250. The highest BCUT2D eigenvalue weighted by molar-refractivity contribution is 6.05. The van der Waals surface area contributed by atoms with Crippen LogP contribution in [0.1, 0.15) is 61.1 Å². The fourth-order valence-corrected chi connectivity index (χ4v) is 3.62. The van der Waals surface area contributed by atoms with Gasteiger partial charge in [-0.1, -0.05) is 18.2 Å². The number of aryl methyl sites for hydroxylation is 2. The van der Waals surface area contributed by atoms with Crippen LogP contribution in [0.15, 0.2) is 28.7 Å². The Labute approximate surface area is 155 Å². The molecule has 0 saturated carbocycles. The van der Waals surface area contributed by atoms with Crippen LogP contribution in [0.4, 0.5) is 0 Å². The van der Waals surface area contributed by atoms with Gasteiger partial charge in [-0.2, -0.15) is 0 Å². The van der Waals surface area contributed by atoms with Gasteiger partial charge in [0.1, 0.15) is 11.3 Å². The Morgan fingerprint density at radius 2 is 1.78 bits per heavy atom. The van der Waals surface area contributed by atoms with Gasteiger partial charge in [0.2, 0.25) is 0 Å². The van der Waals surface area contributed by atoms with E-state index in [1.54, 1.807) is 19.9 Å². The van der Waals surface area contributed by atoms with Crippen molar-refractivity contribution in [1.29, 1.82) is 0 Å². The molecule has 1 aliphatic carbocycles. The summed E-state index contributed by atoms with van der Waals surface area (Å²) in [5.74, 6) is -0.848. The molecule has 0 spiro atoms. The summed E-state index contributed by atoms with van der Waals surface area (Å²) in [6.45, 7) is 3.52. The summed E-state index contributed by atoms with van der Waals surface area (Å²) in [6.07, 6.45) is 2.00. The average molecular weight is 365 g/mol. The first kappa shape index (κ1) is 17.1. The molecule has 2 heterocycles. The monoisotopic (exact) mass is 365 g/mol. The molecule has 0 unspecified atom stereocenters. The van der Waals surface area contributed by atoms with E-state index in [1.807, 2.05) is 18.2 Å². The Hall–Kier alpha value is -3.35. The Kier molecular flexibility index (Phi) is 4.07. The highest BCUT2D eigenvalue weighted by Gasteiger charge is 2.26. The summed E-state index contributed by atoms with van der Waals surface area (Å²) in [7, 11) is 0. The molecule has 2 aromatic heterocycles. The topological polar surface area (TPSA) is 104 Å². The van der Waals surface area contributed by atoms with Gasteiger partial charge in [0.05, 0.1) is 0 Å². The average Bonchev–Trinajstić information content (AvgIpc) is 3.18. The number of H-pyrrole nitrogens is 1. The second kappa shape index (κ2) is 6.42. The van der Waals surface area contributed by atoms with Crippen molar-refractivity contribution >= 4 is 28.6 Å². The van der Waals surface area contributed by atoms with Crippen molar-refractivity contribution < 1.29 is 18.8 Å². The molecular weight excluding hydrogens is 346 g/mol. The summed E-state index contributed by atoms with van der Waals surface area (Å²) >= 11 is 0. The van der Waals surface area contributed by atoms with Crippen LogP contribution in [-0.2, 0) is 6.42 Å². The van der Waals surface area contributed by atoms with E-state index in [4.69, 9.17) is 4.42 Å². The number of hydrazine groups is 1. The Morgan fingerprint density at radius 3 is 2.52 bits per heavy atom. The summed E-state index contributed by atoms with van der Waals surface area (Å²) in [4.78, 5) is 40.0. The number of rotatable bonds is 2. The van der Waals surface area contributed by atoms with E-state index in [9.17, 15) is 14.4 Å². The first-order valence-corrected chi connectivity index (χ1v) is 8.81. The fourth-order valence-electron chi connectivity index (χ4n) is 3.62. The van der Waals surface area contributed by atoms with Gasteiger partial charge >= 0.3 is 5.91 Å². The largest absolute Gasteiger partial charge is 0.451 e. The number of para-hydroxylation sites is 1. The minimum atomic E-state index is -0.540. The summed E-state index contributed by atoms with van der Waals surface area (Å²) < 4.78 is 5.59. The van der Waals surface area contributed by atoms with Crippen LogP contribution in [-0.4, -0.2) is 22.6 Å². The molecule has 1 aromatic carbocycles. The molecule has 0 aliphatic heterocycles. The van der Waals surface area contributed by atoms with Crippen molar-refractivity contribution in [2.45, 2.75) is 33.1 Å². The second-order valence-electron chi connectivity index (χ2n) is 6.72. The second-order valence-corrected chi connectivity index (χ2v) is 6.72. The zero-order valence-corrected chi connectivity index (χ0v) is 15.1. The van der Waals surface area contributed by atoms with Crippen LogP contribution in [0.25, 0.3) is 11.0 Å². The van der Waals surface area contributed by atoms with Crippen LogP contribution in [0.3, 0.4) is 0 Å². The molecule has 4 rings (SSSR count). The first-order chi connectivity index (χ1) is 13.0. The van der Waals surface area contributed by atoms with E-state index in [1.165, 1.54) is 0 Å². The van der Waals surface area contributed by atoms with Crippen LogP contribution in [0.5, 0.6) is 0 Å². The number of carbonyl (C=O) groups excluding carboxylic acids is 3. The number of carbonyl (C=O) groups is 3. The van der Waals surface area contributed by atoms with Crippen LogP contribution >= 0.6 is 0 Å². The number of amides is 2. The maximum Gasteiger partial charge on any atom is 0.305 e. The number of hydrogen-bond donors (Lipinski definition) is 3. The maximum atomic E-state index is 12.5. The third-order valence-corrected chi connectivity index (χ3v) is 5.00. The number of Topliss-reactive ketones (excluding diaryl/α,β-unsaturated/α-hetero) is 1. The molecule has 3 aromatic rings. The lowest BCUT2D eigenvalue weighted by Crippen LogP contribution is -2.42. The SMILES string of the molecule is Cc1c(C(=O)NNC(=O)c2oc3ccccc3c2C)[nH]c2c1C(=O)CCC2. The van der Waals surface area contributed by atoms with Gasteiger partial charge < -0.3 is 9.40 Å². The van der Waals surface area contributed by atoms with Gasteiger partial charge in [0.15, 0.2) is 11.5 Å². The lowest BCUT2D eigenvalue weighted by Gasteiger charge is -2.09. The highest BCUT2D eigenvalue weighted by Crippen LogP contribution is 2.27. The smallest absolute Gasteiger partial charge is 0.305 e. The number of nitrogens with one attached hydrogen (secondary N) is 3. The van der Waals surface area contributed by atoms with Crippen molar-refractivity contribution in [2.24, 2.45) is 0 Å². The lowest BCUT2D eigenvalue weighted by atomic mass is 9.94. The molecule has 1 aliphatic rings. The molecular formula is C20H19N3O4. The van der Waals surface area contributed by atoms with Crippen molar-refractivity contribution in [3.63, 3.8) is 0 Å². The number of aromatic amines is 1. The van der Waals surface area contributed by atoms with Gasteiger partial charge in [-0.05, 0) is 38.3 Å². The third-order valence-electron chi connectivity index (χ3n) is 5.00. The highest BCUT2D eigenvalue weighted by atomic mass is 16.3. The molecule has 138 valence electrons. The molecule has 0 atom stereocenters. The van der Waals surface area contributed by atoms with E-state index in [2.05, 4.69) is 15.8 Å². The van der Waals surface area contributed by atoms with E-state index >= 15 is 0 Å². The molecule has 0 fully saturated rings. The van der Waals surface area contributed by atoms with Crippen LogP contribution in [0, 0.1) is 13.8 Å². The molecule has 3 N–H and O–H groups in total. The molecule has 0 saturated heterocycles. The lowest BCUT2D eigenvalue weighted by molar-refractivity contribution is 0.0829. The first-order valence-electron chi connectivity index (χ1n) is 8.81. The van der Waals surface area contributed by atoms with Crippen molar-refractivity contribution in [3.05, 3.63) is 58.1 Å². The zero-order chi connectivity index (χ0) is 19.1. The zero-order valence-electron chi connectivity index (χ0n) is 15.1. The molecule has 7 heteroatoms. The molecule has 27 heavy (non-hydrogen) atoms. The van der Waals surface area contributed by atoms with E-state index in [0.717, 1.165) is 23.9 Å². The van der Waals surface area contributed by atoms with Gasteiger partial charge in [-0.3, -0.25) is 25.2 Å². The Balaban J connectivity index is 1.52. The van der Waals surface area contributed by atoms with E-state index in [-0.39, 0.29) is 17.2 Å². The molecule has 0 radical (unpaired) electrons. The predicted molar refractivity (Wildman–Crippen MR) is 98.7 cm³/mol.